The van der Waals surface area contributed by atoms with Gasteiger partial charge in [0.25, 0.3) is 0 Å². The van der Waals surface area contributed by atoms with Crippen molar-refractivity contribution < 1.29 is 14.3 Å². The quantitative estimate of drug-likeness (QED) is 0.777. The monoisotopic (exact) mass is 358 g/mol. The van der Waals surface area contributed by atoms with E-state index in [2.05, 4.69) is 4.72 Å². The highest BCUT2D eigenvalue weighted by Crippen LogP contribution is 2.32. The highest BCUT2D eigenvalue weighted by molar-refractivity contribution is 7.97. The number of carbonyl (C=O) groups excluding carboxylic acids is 1. The first-order chi connectivity index (χ1) is 12.1. The zero-order chi connectivity index (χ0) is 17.8. The third kappa shape index (κ3) is 4.08. The average molecular weight is 358 g/mol. The van der Waals surface area contributed by atoms with E-state index in [4.69, 9.17) is 15.2 Å². The number of methoxy groups -OCH3 is 2. The maximum Gasteiger partial charge on any atom is 0.248 e. The summed E-state index contributed by atoms with van der Waals surface area (Å²) in [6.07, 6.45) is 2.94. The van der Waals surface area contributed by atoms with Crippen LogP contribution in [0.3, 0.4) is 0 Å². The molecule has 132 valence electrons. The molecular weight excluding hydrogens is 336 g/mol. The van der Waals surface area contributed by atoms with Crippen LogP contribution in [0, 0.1) is 0 Å². The summed E-state index contributed by atoms with van der Waals surface area (Å²) >= 11 is 1.58. The lowest BCUT2D eigenvalue weighted by Crippen LogP contribution is -2.30. The maximum atomic E-state index is 11.4. The molecule has 1 aliphatic carbocycles. The minimum Gasteiger partial charge on any atom is -0.493 e. The van der Waals surface area contributed by atoms with E-state index in [0.717, 1.165) is 35.7 Å². The minimum absolute atomic E-state index is 0.341. The number of ether oxygens (including phenoxy) is 2. The number of primary amides is 1. The second-order valence-corrected chi connectivity index (χ2v) is 6.94. The first-order valence-electron chi connectivity index (χ1n) is 8.16. The Morgan fingerprint density at radius 3 is 2.64 bits per heavy atom. The lowest BCUT2D eigenvalue weighted by Gasteiger charge is -2.25. The van der Waals surface area contributed by atoms with Gasteiger partial charge in [0, 0.05) is 16.5 Å². The van der Waals surface area contributed by atoms with Crippen LogP contribution in [0.25, 0.3) is 0 Å². The molecule has 0 fully saturated rings. The number of hydrogen-bond donors (Lipinski definition) is 2. The van der Waals surface area contributed by atoms with E-state index in [1.54, 1.807) is 26.2 Å². The summed E-state index contributed by atoms with van der Waals surface area (Å²) < 4.78 is 14.1. The van der Waals surface area contributed by atoms with E-state index < -0.39 is 0 Å². The van der Waals surface area contributed by atoms with Crippen LogP contribution in [0.4, 0.5) is 0 Å². The normalized spacial score (nSPS) is 16.2. The van der Waals surface area contributed by atoms with Crippen LogP contribution in [0.5, 0.6) is 11.5 Å². The Balaban J connectivity index is 1.65. The molecule has 2 aromatic rings. The number of fused-ring (bicyclic) bond motifs is 1. The molecule has 0 saturated carbocycles. The van der Waals surface area contributed by atoms with Crippen molar-refractivity contribution in [3.63, 3.8) is 0 Å². The predicted molar refractivity (Wildman–Crippen MR) is 99.3 cm³/mol. The number of rotatable bonds is 6. The van der Waals surface area contributed by atoms with Crippen LogP contribution >= 0.6 is 11.9 Å². The molecule has 0 aromatic heterocycles. The van der Waals surface area contributed by atoms with Crippen LogP contribution < -0.4 is 19.9 Å². The maximum absolute atomic E-state index is 11.4. The van der Waals surface area contributed by atoms with Gasteiger partial charge in [-0.1, -0.05) is 6.07 Å². The highest BCUT2D eigenvalue weighted by atomic mass is 32.2. The van der Waals surface area contributed by atoms with E-state index >= 15 is 0 Å². The molecule has 0 heterocycles. The molecule has 1 amide bonds. The lowest BCUT2D eigenvalue weighted by atomic mass is 9.87. The molecule has 0 aliphatic heterocycles. The van der Waals surface area contributed by atoms with E-state index in [9.17, 15) is 4.79 Å². The first kappa shape index (κ1) is 17.6. The molecule has 6 heteroatoms. The summed E-state index contributed by atoms with van der Waals surface area (Å²) in [7, 11) is 3.26. The van der Waals surface area contributed by atoms with E-state index in [1.165, 1.54) is 11.1 Å². The largest absolute Gasteiger partial charge is 0.493 e. The van der Waals surface area contributed by atoms with Crippen molar-refractivity contribution in [2.75, 3.05) is 14.2 Å². The summed E-state index contributed by atoms with van der Waals surface area (Å²) in [5.41, 5.74) is 8.47. The smallest absolute Gasteiger partial charge is 0.248 e. The number of amides is 1. The fourth-order valence-electron chi connectivity index (χ4n) is 3.04. The number of nitrogens with one attached hydrogen (secondary N) is 1. The molecule has 0 saturated heterocycles. The summed E-state index contributed by atoms with van der Waals surface area (Å²) in [6, 6.07) is 12.0. The molecule has 0 spiro atoms. The van der Waals surface area contributed by atoms with Gasteiger partial charge >= 0.3 is 0 Å². The van der Waals surface area contributed by atoms with Crippen molar-refractivity contribution in [1.82, 2.24) is 4.72 Å². The Labute approximate surface area is 152 Å². The average Bonchev–Trinajstić information content (AvgIpc) is 2.65. The van der Waals surface area contributed by atoms with E-state index in [0.29, 0.717) is 11.6 Å². The number of carbonyl (C=O) groups is 1. The van der Waals surface area contributed by atoms with Crippen molar-refractivity contribution in [2.24, 2.45) is 5.73 Å². The lowest BCUT2D eigenvalue weighted by molar-refractivity contribution is 0.1000. The van der Waals surface area contributed by atoms with Crippen molar-refractivity contribution in [3.05, 3.63) is 53.1 Å². The van der Waals surface area contributed by atoms with Crippen LogP contribution in [-0.2, 0) is 12.8 Å². The Kier molecular flexibility index (Phi) is 5.50. The number of aryl methyl sites for hydroxylation is 1. The van der Waals surface area contributed by atoms with Gasteiger partial charge in [-0.05, 0) is 72.7 Å². The highest BCUT2D eigenvalue weighted by Gasteiger charge is 2.20. The fourth-order valence-corrected chi connectivity index (χ4v) is 3.85. The first-order valence-corrected chi connectivity index (χ1v) is 8.98. The van der Waals surface area contributed by atoms with Crippen molar-refractivity contribution in [1.29, 1.82) is 0 Å². The molecular formula is C19H22N2O3S. The summed E-state index contributed by atoms with van der Waals surface area (Å²) in [4.78, 5) is 12.4. The van der Waals surface area contributed by atoms with Gasteiger partial charge in [-0.2, -0.15) is 0 Å². The van der Waals surface area contributed by atoms with Crippen molar-refractivity contribution in [3.8, 4) is 11.5 Å². The molecule has 5 nitrogen and oxygen atoms in total. The molecule has 2 aromatic carbocycles. The van der Waals surface area contributed by atoms with Crippen LogP contribution in [0.15, 0.2) is 41.3 Å². The summed E-state index contributed by atoms with van der Waals surface area (Å²) in [5, 5.41) is 0. The Hall–Kier alpha value is -2.18. The zero-order valence-corrected chi connectivity index (χ0v) is 15.2. The fraction of sp³-hybridized carbons (Fsp3) is 0.316. The number of benzene rings is 2. The van der Waals surface area contributed by atoms with Gasteiger partial charge < -0.3 is 15.2 Å². The van der Waals surface area contributed by atoms with Crippen molar-refractivity contribution >= 4 is 17.9 Å². The van der Waals surface area contributed by atoms with Gasteiger partial charge in [0.15, 0.2) is 11.5 Å². The molecule has 1 unspecified atom stereocenters. The third-order valence-electron chi connectivity index (χ3n) is 4.42. The third-order valence-corrected chi connectivity index (χ3v) is 5.36. The summed E-state index contributed by atoms with van der Waals surface area (Å²) in [5.74, 6) is 1.06. The second kappa shape index (κ2) is 7.80. The van der Waals surface area contributed by atoms with Gasteiger partial charge in [-0.3, -0.25) is 9.52 Å². The zero-order valence-electron chi connectivity index (χ0n) is 14.4. The number of hydrogen-bond acceptors (Lipinski definition) is 5. The van der Waals surface area contributed by atoms with Gasteiger partial charge in [-0.25, -0.2) is 0 Å². The standard InChI is InChI=1S/C19H22N2O3S/c1-23-17-8-7-16(11-18(17)24-2)25-21-15-6-5-12-3-4-13(19(20)22)9-14(12)10-15/h3-4,7-9,11,15,21H,5-6,10H2,1-2H3,(H2,20,22). The van der Waals surface area contributed by atoms with Crippen LogP contribution in [0.2, 0.25) is 0 Å². The van der Waals surface area contributed by atoms with Gasteiger partial charge in [-0.15, -0.1) is 0 Å². The Bertz CT molecular complexity index is 779. The summed E-state index contributed by atoms with van der Waals surface area (Å²) in [6.45, 7) is 0. The second-order valence-electron chi connectivity index (χ2n) is 6.02. The van der Waals surface area contributed by atoms with Gasteiger partial charge in [0.1, 0.15) is 0 Å². The van der Waals surface area contributed by atoms with Crippen LogP contribution in [-0.4, -0.2) is 26.2 Å². The topological polar surface area (TPSA) is 73.6 Å². The molecule has 1 aliphatic rings. The van der Waals surface area contributed by atoms with Crippen LogP contribution in [0.1, 0.15) is 27.9 Å². The van der Waals surface area contributed by atoms with Crippen molar-refractivity contribution in [2.45, 2.75) is 30.2 Å². The molecule has 25 heavy (non-hydrogen) atoms. The molecule has 3 N–H and O–H groups in total. The SMILES string of the molecule is COc1ccc(SNC2CCc3ccc(C(N)=O)cc3C2)cc1OC. The molecule has 0 bridgehead atoms. The molecule has 1 atom stereocenters. The minimum atomic E-state index is -0.377. The number of nitrogens with two attached hydrogens (primary N) is 1. The van der Waals surface area contributed by atoms with Gasteiger partial charge in [0.05, 0.1) is 14.2 Å². The molecule has 0 radical (unpaired) electrons. The van der Waals surface area contributed by atoms with E-state index in [1.807, 2.05) is 36.4 Å². The van der Waals surface area contributed by atoms with Gasteiger partial charge in [0.2, 0.25) is 5.91 Å². The Morgan fingerprint density at radius 1 is 1.12 bits per heavy atom. The van der Waals surface area contributed by atoms with E-state index in [-0.39, 0.29) is 5.91 Å². The Morgan fingerprint density at radius 2 is 1.92 bits per heavy atom. The molecule has 3 rings (SSSR count). The predicted octanol–water partition coefficient (Wildman–Crippen LogP) is 2.96.